The van der Waals surface area contributed by atoms with Crippen LogP contribution in [0.3, 0.4) is 0 Å². The van der Waals surface area contributed by atoms with Crippen LogP contribution >= 0.6 is 0 Å². The molecule has 0 unspecified atom stereocenters. The molecule has 2 heterocycles. The van der Waals surface area contributed by atoms with Crippen molar-refractivity contribution in [2.75, 3.05) is 13.1 Å². The first-order valence-corrected chi connectivity index (χ1v) is 8.69. The maximum absolute atomic E-state index is 12.6. The first-order chi connectivity index (χ1) is 10.6. The number of imide groups is 1. The molecule has 0 bridgehead atoms. The molecule has 0 radical (unpaired) electrons. The van der Waals surface area contributed by atoms with Crippen molar-refractivity contribution in [3.63, 3.8) is 0 Å². The van der Waals surface area contributed by atoms with Gasteiger partial charge in [0.25, 0.3) is 0 Å². The van der Waals surface area contributed by atoms with Crippen LogP contribution in [0.4, 0.5) is 0 Å². The van der Waals surface area contributed by atoms with E-state index in [1.165, 1.54) is 24.2 Å². The average Bonchev–Trinajstić information content (AvgIpc) is 2.82. The Morgan fingerprint density at radius 1 is 1.14 bits per heavy atom. The minimum Gasteiger partial charge on any atom is -0.339 e. The molecular weight excluding hydrogens is 280 g/mol. The Morgan fingerprint density at radius 2 is 1.86 bits per heavy atom. The number of nitrogens with zero attached hydrogens (tertiary/aromatic N) is 2. The molecule has 5 nitrogen and oxygen atoms in total. The molecule has 3 fully saturated rings. The quantitative estimate of drug-likeness (QED) is 0.749. The molecule has 3 aliphatic rings. The summed E-state index contributed by atoms with van der Waals surface area (Å²) in [5.74, 6) is 1.30. The Morgan fingerprint density at radius 3 is 2.59 bits per heavy atom. The maximum atomic E-state index is 12.6. The van der Waals surface area contributed by atoms with Crippen LogP contribution in [-0.4, -0.2) is 46.7 Å². The highest BCUT2D eigenvalue weighted by Gasteiger charge is 2.38. The first kappa shape index (κ1) is 15.5. The van der Waals surface area contributed by atoms with Crippen LogP contribution in [0.5, 0.6) is 0 Å². The molecule has 0 aromatic carbocycles. The summed E-state index contributed by atoms with van der Waals surface area (Å²) < 4.78 is 0. The van der Waals surface area contributed by atoms with Gasteiger partial charge in [-0.15, -0.1) is 0 Å². The average molecular weight is 306 g/mol. The SMILES string of the molecule is C[C@@H]1CC[C@H]2[C@H](CCCN2C(=O)CCN2C(=O)CCC2=O)C1. The van der Waals surface area contributed by atoms with Crippen molar-refractivity contribution in [2.45, 2.75) is 64.3 Å². The third kappa shape index (κ3) is 3.03. The molecule has 122 valence electrons. The van der Waals surface area contributed by atoms with Crippen LogP contribution in [-0.2, 0) is 14.4 Å². The standard InChI is InChI=1S/C17H26N2O3/c1-12-4-5-14-13(11-12)3-2-9-18(14)17(22)8-10-19-15(20)6-7-16(19)21/h12-14H,2-11H2,1H3/t12-,13-,14+/m1/s1. The van der Waals surface area contributed by atoms with E-state index >= 15 is 0 Å². The van der Waals surface area contributed by atoms with Crippen molar-refractivity contribution in [1.29, 1.82) is 0 Å². The number of carbonyl (C=O) groups is 3. The van der Waals surface area contributed by atoms with Crippen LogP contribution < -0.4 is 0 Å². The van der Waals surface area contributed by atoms with Crippen LogP contribution in [0, 0.1) is 11.8 Å². The molecule has 3 rings (SSSR count). The zero-order chi connectivity index (χ0) is 15.7. The second kappa shape index (κ2) is 6.39. The fourth-order valence-corrected chi connectivity index (χ4v) is 4.43. The molecule has 0 aromatic heterocycles. The van der Waals surface area contributed by atoms with Gasteiger partial charge in [0.2, 0.25) is 17.7 Å². The van der Waals surface area contributed by atoms with Gasteiger partial charge in [-0.25, -0.2) is 0 Å². The van der Waals surface area contributed by atoms with Gasteiger partial charge in [-0.1, -0.05) is 6.92 Å². The van der Waals surface area contributed by atoms with E-state index < -0.39 is 0 Å². The van der Waals surface area contributed by atoms with Crippen molar-refractivity contribution < 1.29 is 14.4 Å². The molecule has 5 heteroatoms. The summed E-state index contributed by atoms with van der Waals surface area (Å²) in [7, 11) is 0. The second-order valence-electron chi connectivity index (χ2n) is 7.16. The summed E-state index contributed by atoms with van der Waals surface area (Å²) in [6.45, 7) is 3.42. The summed E-state index contributed by atoms with van der Waals surface area (Å²) >= 11 is 0. The summed E-state index contributed by atoms with van der Waals surface area (Å²) in [5.41, 5.74) is 0. The van der Waals surface area contributed by atoms with Gasteiger partial charge >= 0.3 is 0 Å². The summed E-state index contributed by atoms with van der Waals surface area (Å²) in [6.07, 6.45) is 6.77. The van der Waals surface area contributed by atoms with E-state index in [0.717, 1.165) is 25.3 Å². The van der Waals surface area contributed by atoms with Gasteiger partial charge in [0, 0.05) is 38.4 Å². The topological polar surface area (TPSA) is 57.7 Å². The lowest BCUT2D eigenvalue weighted by molar-refractivity contribution is -0.141. The zero-order valence-corrected chi connectivity index (χ0v) is 13.4. The van der Waals surface area contributed by atoms with Crippen LogP contribution in [0.2, 0.25) is 0 Å². The molecule has 0 aromatic rings. The Labute approximate surface area is 132 Å². The minimum atomic E-state index is -0.124. The monoisotopic (exact) mass is 306 g/mol. The maximum Gasteiger partial charge on any atom is 0.229 e. The highest BCUT2D eigenvalue weighted by molar-refractivity contribution is 6.02. The molecule has 3 atom stereocenters. The molecule has 0 N–H and O–H groups in total. The molecule has 3 amide bonds. The number of piperidine rings is 1. The van der Waals surface area contributed by atoms with E-state index in [2.05, 4.69) is 6.92 Å². The predicted octanol–water partition coefficient (Wildman–Crippen LogP) is 1.95. The first-order valence-electron chi connectivity index (χ1n) is 8.69. The highest BCUT2D eigenvalue weighted by Crippen LogP contribution is 2.38. The van der Waals surface area contributed by atoms with Gasteiger partial charge < -0.3 is 4.90 Å². The lowest BCUT2D eigenvalue weighted by Crippen LogP contribution is -2.51. The third-order valence-electron chi connectivity index (χ3n) is 5.60. The lowest BCUT2D eigenvalue weighted by atomic mass is 9.74. The number of fused-ring (bicyclic) bond motifs is 1. The van der Waals surface area contributed by atoms with Crippen molar-refractivity contribution in [1.82, 2.24) is 9.80 Å². The van der Waals surface area contributed by atoms with Gasteiger partial charge in [0.15, 0.2) is 0 Å². The lowest BCUT2D eigenvalue weighted by Gasteiger charge is -2.46. The zero-order valence-electron chi connectivity index (χ0n) is 13.4. The fraction of sp³-hybridized carbons (Fsp3) is 0.824. The van der Waals surface area contributed by atoms with E-state index in [-0.39, 0.29) is 30.7 Å². The molecule has 22 heavy (non-hydrogen) atoms. The molecule has 0 spiro atoms. The van der Waals surface area contributed by atoms with E-state index in [1.807, 2.05) is 4.90 Å². The van der Waals surface area contributed by atoms with E-state index in [9.17, 15) is 14.4 Å². The summed E-state index contributed by atoms with van der Waals surface area (Å²) in [4.78, 5) is 39.1. The minimum absolute atomic E-state index is 0.122. The second-order valence-corrected chi connectivity index (χ2v) is 7.16. The number of likely N-dealkylation sites (tertiary alicyclic amines) is 2. The van der Waals surface area contributed by atoms with Crippen molar-refractivity contribution in [2.24, 2.45) is 11.8 Å². The van der Waals surface area contributed by atoms with Gasteiger partial charge in [-0.3, -0.25) is 19.3 Å². The van der Waals surface area contributed by atoms with Gasteiger partial charge in [0.1, 0.15) is 0 Å². The number of hydrogen-bond acceptors (Lipinski definition) is 3. The van der Waals surface area contributed by atoms with E-state index in [4.69, 9.17) is 0 Å². The predicted molar refractivity (Wildman–Crippen MR) is 81.8 cm³/mol. The van der Waals surface area contributed by atoms with Gasteiger partial charge in [-0.05, 0) is 43.9 Å². The molecule has 1 aliphatic carbocycles. The highest BCUT2D eigenvalue weighted by atomic mass is 16.2. The van der Waals surface area contributed by atoms with Crippen molar-refractivity contribution in [3.05, 3.63) is 0 Å². The smallest absolute Gasteiger partial charge is 0.229 e. The Balaban J connectivity index is 1.57. The summed E-state index contributed by atoms with van der Waals surface area (Å²) in [6, 6.07) is 0.391. The Hall–Kier alpha value is -1.39. The fourth-order valence-electron chi connectivity index (χ4n) is 4.43. The number of hydrogen-bond donors (Lipinski definition) is 0. The summed E-state index contributed by atoms with van der Waals surface area (Å²) in [5, 5.41) is 0. The van der Waals surface area contributed by atoms with Crippen molar-refractivity contribution in [3.8, 4) is 0 Å². The third-order valence-corrected chi connectivity index (χ3v) is 5.60. The Kier molecular flexibility index (Phi) is 4.50. The molecule has 1 saturated carbocycles. The molecular formula is C17H26N2O3. The Bertz CT molecular complexity index is 461. The number of carbonyl (C=O) groups excluding carboxylic acids is 3. The number of rotatable bonds is 3. The number of amides is 3. The van der Waals surface area contributed by atoms with Crippen LogP contribution in [0.25, 0.3) is 0 Å². The van der Waals surface area contributed by atoms with Gasteiger partial charge in [-0.2, -0.15) is 0 Å². The van der Waals surface area contributed by atoms with Gasteiger partial charge in [0.05, 0.1) is 0 Å². The van der Waals surface area contributed by atoms with Crippen LogP contribution in [0.15, 0.2) is 0 Å². The normalized spacial score (nSPS) is 32.3. The van der Waals surface area contributed by atoms with Crippen LogP contribution in [0.1, 0.15) is 58.3 Å². The largest absolute Gasteiger partial charge is 0.339 e. The van der Waals surface area contributed by atoms with E-state index in [0.29, 0.717) is 24.8 Å². The van der Waals surface area contributed by atoms with Crippen molar-refractivity contribution >= 4 is 17.7 Å². The molecule has 2 aliphatic heterocycles. The van der Waals surface area contributed by atoms with E-state index in [1.54, 1.807) is 0 Å². The molecule has 2 saturated heterocycles.